The Labute approximate surface area is 96.6 Å². The van der Waals surface area contributed by atoms with Crippen LogP contribution in [-0.2, 0) is 15.0 Å². The predicted octanol–water partition coefficient (Wildman–Crippen LogP) is 2.27. The van der Waals surface area contributed by atoms with Gasteiger partial charge in [-0.15, -0.1) is 3.89 Å². The first kappa shape index (κ1) is 12.3. The Morgan fingerprint density at radius 2 is 1.88 bits per heavy atom. The largest absolute Gasteiger partial charge is 0.381 e. The summed E-state index contributed by atoms with van der Waals surface area (Å²) in [7, 11) is -2.55. The van der Waals surface area contributed by atoms with E-state index in [9.17, 15) is 12.3 Å². The van der Waals surface area contributed by atoms with Gasteiger partial charge in [0.15, 0.2) is 0 Å². The van der Waals surface area contributed by atoms with E-state index in [4.69, 9.17) is 4.74 Å². The molecule has 0 bridgehead atoms. The number of hydrogen-bond acceptors (Lipinski definition) is 3. The molecule has 2 aliphatic carbocycles. The first-order chi connectivity index (χ1) is 7.42. The Morgan fingerprint density at radius 1 is 1.31 bits per heavy atom. The Kier molecular flexibility index (Phi) is 3.27. The molecule has 0 heterocycles. The standard InChI is InChI=1S/C11H19FO3S/c1-15-10-6-11(7-10)4-2-9(3-5-11)8-16(12,13)14/h9-10H,2-8H2,1H3. The molecule has 0 N–H and O–H groups in total. The number of methoxy groups -OCH3 is 1. The van der Waals surface area contributed by atoms with Gasteiger partial charge in [-0.25, -0.2) is 0 Å². The highest BCUT2D eigenvalue weighted by Gasteiger charge is 2.46. The molecule has 0 aromatic heterocycles. The summed E-state index contributed by atoms with van der Waals surface area (Å²) < 4.78 is 38.9. The van der Waals surface area contributed by atoms with Crippen molar-refractivity contribution in [3.05, 3.63) is 0 Å². The van der Waals surface area contributed by atoms with E-state index in [1.54, 1.807) is 7.11 Å². The van der Waals surface area contributed by atoms with E-state index in [2.05, 4.69) is 0 Å². The molecule has 0 atom stereocenters. The fourth-order valence-electron chi connectivity index (χ4n) is 3.22. The van der Waals surface area contributed by atoms with Gasteiger partial charge >= 0.3 is 10.2 Å². The van der Waals surface area contributed by atoms with Crippen molar-refractivity contribution < 1.29 is 17.0 Å². The second-order valence-electron chi connectivity index (χ2n) is 5.41. The summed E-state index contributed by atoms with van der Waals surface area (Å²) in [6, 6.07) is 0. The van der Waals surface area contributed by atoms with E-state index < -0.39 is 10.2 Å². The Hall–Kier alpha value is -0.160. The maximum absolute atomic E-state index is 12.5. The van der Waals surface area contributed by atoms with Crippen molar-refractivity contribution >= 4 is 10.2 Å². The molecule has 2 saturated carbocycles. The van der Waals surface area contributed by atoms with Gasteiger partial charge in [0.25, 0.3) is 0 Å². The summed E-state index contributed by atoms with van der Waals surface area (Å²) in [4.78, 5) is 0. The Morgan fingerprint density at radius 3 is 2.31 bits per heavy atom. The Bertz CT molecular complexity index is 336. The number of hydrogen-bond donors (Lipinski definition) is 0. The summed E-state index contributed by atoms with van der Waals surface area (Å²) in [6.45, 7) is 0. The average molecular weight is 250 g/mol. The lowest BCUT2D eigenvalue weighted by atomic mass is 9.58. The molecule has 0 aromatic rings. The maximum Gasteiger partial charge on any atom is 0.302 e. The minimum absolute atomic E-state index is 0.0298. The lowest BCUT2D eigenvalue weighted by Crippen LogP contribution is -2.44. The highest BCUT2D eigenvalue weighted by molar-refractivity contribution is 7.86. The van der Waals surface area contributed by atoms with Crippen LogP contribution in [0.3, 0.4) is 0 Å². The lowest BCUT2D eigenvalue weighted by Gasteiger charge is -2.50. The van der Waals surface area contributed by atoms with Crippen molar-refractivity contribution in [2.75, 3.05) is 12.9 Å². The van der Waals surface area contributed by atoms with Crippen LogP contribution in [0.5, 0.6) is 0 Å². The Balaban J connectivity index is 1.80. The third-order valence-corrected chi connectivity index (χ3v) is 5.12. The van der Waals surface area contributed by atoms with Gasteiger partial charge in [-0.05, 0) is 49.9 Å². The fourth-order valence-corrected chi connectivity index (χ4v) is 4.12. The van der Waals surface area contributed by atoms with E-state index in [-0.39, 0.29) is 11.7 Å². The zero-order valence-corrected chi connectivity index (χ0v) is 10.4. The quantitative estimate of drug-likeness (QED) is 0.722. The van der Waals surface area contributed by atoms with Gasteiger partial charge in [-0.3, -0.25) is 0 Å². The minimum atomic E-state index is -4.29. The predicted molar refractivity (Wildman–Crippen MR) is 59.3 cm³/mol. The van der Waals surface area contributed by atoms with Crippen molar-refractivity contribution in [1.82, 2.24) is 0 Å². The van der Waals surface area contributed by atoms with Crippen LogP contribution < -0.4 is 0 Å². The van der Waals surface area contributed by atoms with E-state index >= 15 is 0 Å². The van der Waals surface area contributed by atoms with Crippen molar-refractivity contribution in [2.45, 2.75) is 44.6 Å². The molecule has 5 heteroatoms. The molecule has 0 radical (unpaired) electrons. The lowest BCUT2D eigenvalue weighted by molar-refractivity contribution is -0.0820. The van der Waals surface area contributed by atoms with Crippen molar-refractivity contribution in [2.24, 2.45) is 11.3 Å². The van der Waals surface area contributed by atoms with Crippen LogP contribution in [0.25, 0.3) is 0 Å². The van der Waals surface area contributed by atoms with E-state index in [1.165, 1.54) is 0 Å². The van der Waals surface area contributed by atoms with Crippen LogP contribution in [0.1, 0.15) is 38.5 Å². The van der Waals surface area contributed by atoms with Gasteiger partial charge in [0.1, 0.15) is 0 Å². The number of ether oxygens (including phenoxy) is 1. The first-order valence-electron chi connectivity index (χ1n) is 5.88. The van der Waals surface area contributed by atoms with Crippen LogP contribution in [0.15, 0.2) is 0 Å². The summed E-state index contributed by atoms with van der Waals surface area (Å²) in [6.07, 6.45) is 6.35. The second kappa shape index (κ2) is 4.26. The fraction of sp³-hybridized carbons (Fsp3) is 1.00. The van der Waals surface area contributed by atoms with E-state index in [0.717, 1.165) is 38.5 Å². The summed E-state index contributed by atoms with van der Waals surface area (Å²) in [5, 5.41) is 0. The molecule has 16 heavy (non-hydrogen) atoms. The van der Waals surface area contributed by atoms with Crippen molar-refractivity contribution in [1.29, 1.82) is 0 Å². The molecule has 2 aliphatic rings. The van der Waals surface area contributed by atoms with Crippen LogP contribution >= 0.6 is 0 Å². The van der Waals surface area contributed by atoms with Crippen molar-refractivity contribution in [3.63, 3.8) is 0 Å². The molecule has 1 spiro atoms. The first-order valence-corrected chi connectivity index (χ1v) is 7.43. The van der Waals surface area contributed by atoms with Crippen LogP contribution in [0.2, 0.25) is 0 Å². The SMILES string of the molecule is COC1CC2(CCC(CS(=O)(=O)F)CC2)C1. The van der Waals surface area contributed by atoms with Gasteiger partial charge in [0.05, 0.1) is 11.9 Å². The van der Waals surface area contributed by atoms with Gasteiger partial charge in [0, 0.05) is 7.11 Å². The molecule has 0 amide bonds. The molecule has 0 aliphatic heterocycles. The highest BCUT2D eigenvalue weighted by Crippen LogP contribution is 2.53. The molecule has 3 nitrogen and oxygen atoms in total. The molecular formula is C11H19FO3S. The number of halogens is 1. The van der Waals surface area contributed by atoms with Crippen LogP contribution in [-0.4, -0.2) is 27.4 Å². The molecular weight excluding hydrogens is 231 g/mol. The van der Waals surface area contributed by atoms with E-state index in [1.807, 2.05) is 0 Å². The number of rotatable bonds is 3. The van der Waals surface area contributed by atoms with Gasteiger partial charge < -0.3 is 4.74 Å². The van der Waals surface area contributed by atoms with Gasteiger partial charge in [-0.2, -0.15) is 8.42 Å². The summed E-state index contributed by atoms with van der Waals surface area (Å²) >= 11 is 0. The molecule has 0 aromatic carbocycles. The monoisotopic (exact) mass is 250 g/mol. The smallest absolute Gasteiger partial charge is 0.302 e. The average Bonchev–Trinajstić information content (AvgIpc) is 2.13. The minimum Gasteiger partial charge on any atom is -0.381 e. The molecule has 2 rings (SSSR count). The van der Waals surface area contributed by atoms with Crippen molar-refractivity contribution in [3.8, 4) is 0 Å². The molecule has 0 saturated heterocycles. The maximum atomic E-state index is 12.5. The van der Waals surface area contributed by atoms with Crippen LogP contribution in [0, 0.1) is 11.3 Å². The van der Waals surface area contributed by atoms with Crippen LogP contribution in [0.4, 0.5) is 3.89 Å². The summed E-state index contributed by atoms with van der Waals surface area (Å²) in [5.41, 5.74) is 0.386. The summed E-state index contributed by atoms with van der Waals surface area (Å²) in [5.74, 6) is -0.251. The topological polar surface area (TPSA) is 43.4 Å². The van der Waals surface area contributed by atoms with Gasteiger partial charge in [0.2, 0.25) is 0 Å². The molecule has 94 valence electrons. The second-order valence-corrected chi connectivity index (χ2v) is 6.83. The zero-order chi connectivity index (χ0) is 11.8. The molecule has 0 unspecified atom stereocenters. The normalized spacial score (nSPS) is 39.6. The van der Waals surface area contributed by atoms with Gasteiger partial charge in [-0.1, -0.05) is 0 Å². The zero-order valence-electron chi connectivity index (χ0n) is 9.62. The highest BCUT2D eigenvalue weighted by atomic mass is 32.3. The third kappa shape index (κ3) is 2.74. The molecule has 2 fully saturated rings. The van der Waals surface area contributed by atoms with E-state index in [0.29, 0.717) is 11.5 Å². The third-order valence-electron chi connectivity index (χ3n) is 4.26.